The summed E-state index contributed by atoms with van der Waals surface area (Å²) < 4.78 is 12.3. The van der Waals surface area contributed by atoms with E-state index in [0.29, 0.717) is 6.54 Å². The second kappa shape index (κ2) is 3.68. The highest BCUT2D eigenvalue weighted by molar-refractivity contribution is 9.10. The van der Waals surface area contributed by atoms with E-state index in [-0.39, 0.29) is 0 Å². The summed E-state index contributed by atoms with van der Waals surface area (Å²) in [6.45, 7) is 4.41. The number of halogens is 1. The Morgan fingerprint density at radius 1 is 1.27 bits per heavy atom. The van der Waals surface area contributed by atoms with Crippen LogP contribution in [0.1, 0.15) is 19.4 Å². The van der Waals surface area contributed by atoms with Crippen molar-refractivity contribution in [2.45, 2.75) is 26.1 Å². The van der Waals surface area contributed by atoms with Crippen molar-refractivity contribution in [1.82, 2.24) is 0 Å². The number of benzene rings is 1. The second-order valence-corrected chi connectivity index (χ2v) is 4.89. The predicted octanol–water partition coefficient (Wildman–Crippen LogP) is 2.46. The molecule has 3 nitrogen and oxygen atoms in total. The van der Waals surface area contributed by atoms with Crippen LogP contribution < -0.4 is 15.2 Å². The third-order valence-electron chi connectivity index (χ3n) is 2.24. The molecule has 1 aliphatic rings. The topological polar surface area (TPSA) is 44.5 Å². The minimum atomic E-state index is -0.566. The molecular weight excluding hydrogens is 258 g/mol. The minimum Gasteiger partial charge on any atom is -0.449 e. The minimum absolute atomic E-state index is 0.566. The number of nitrogens with two attached hydrogens (primary N) is 1. The zero-order chi connectivity index (χ0) is 11.1. The fraction of sp³-hybridized carbons (Fsp3) is 0.455. The molecule has 15 heavy (non-hydrogen) atoms. The van der Waals surface area contributed by atoms with Crippen LogP contribution in [0.25, 0.3) is 0 Å². The summed E-state index contributed by atoms with van der Waals surface area (Å²) in [6.07, 6.45) is 0.831. The maximum atomic E-state index is 5.65. The lowest BCUT2D eigenvalue weighted by Gasteiger charge is -2.16. The molecule has 0 aromatic heterocycles. The molecule has 0 atom stereocenters. The van der Waals surface area contributed by atoms with E-state index in [1.165, 1.54) is 0 Å². The van der Waals surface area contributed by atoms with Crippen LogP contribution in [0.3, 0.4) is 0 Å². The molecule has 0 saturated heterocycles. The van der Waals surface area contributed by atoms with Gasteiger partial charge in [0.2, 0.25) is 5.79 Å². The molecule has 1 aromatic rings. The Bertz CT molecular complexity index is 390. The summed E-state index contributed by atoms with van der Waals surface area (Å²) in [5, 5.41) is 0. The largest absolute Gasteiger partial charge is 0.449 e. The SMILES string of the molecule is CC1(C)Oc2cc(Br)c(CCN)cc2O1. The van der Waals surface area contributed by atoms with Gasteiger partial charge in [0.25, 0.3) is 0 Å². The molecule has 82 valence electrons. The molecule has 0 radical (unpaired) electrons. The van der Waals surface area contributed by atoms with Gasteiger partial charge in [-0.05, 0) is 30.7 Å². The van der Waals surface area contributed by atoms with Crippen molar-refractivity contribution in [3.63, 3.8) is 0 Å². The van der Waals surface area contributed by atoms with E-state index < -0.39 is 5.79 Å². The molecule has 0 bridgehead atoms. The van der Waals surface area contributed by atoms with E-state index >= 15 is 0 Å². The lowest BCUT2D eigenvalue weighted by molar-refractivity contribution is -0.0431. The normalized spacial score (nSPS) is 16.8. The van der Waals surface area contributed by atoms with Gasteiger partial charge in [0, 0.05) is 18.3 Å². The molecule has 2 rings (SSSR count). The quantitative estimate of drug-likeness (QED) is 0.899. The van der Waals surface area contributed by atoms with Crippen LogP contribution in [-0.4, -0.2) is 12.3 Å². The third kappa shape index (κ3) is 2.11. The van der Waals surface area contributed by atoms with Crippen LogP contribution in [0.4, 0.5) is 0 Å². The summed E-state index contributed by atoms with van der Waals surface area (Å²) in [4.78, 5) is 0. The first-order valence-electron chi connectivity index (χ1n) is 4.92. The first kappa shape index (κ1) is 10.8. The third-order valence-corrected chi connectivity index (χ3v) is 2.98. The van der Waals surface area contributed by atoms with Gasteiger partial charge in [-0.1, -0.05) is 15.9 Å². The summed E-state index contributed by atoms with van der Waals surface area (Å²) in [5.74, 6) is 1.02. The Morgan fingerprint density at radius 3 is 2.47 bits per heavy atom. The molecule has 1 aliphatic heterocycles. The molecule has 0 saturated carbocycles. The van der Waals surface area contributed by atoms with Crippen LogP contribution in [0.15, 0.2) is 16.6 Å². The fourth-order valence-corrected chi connectivity index (χ4v) is 2.15. The zero-order valence-electron chi connectivity index (χ0n) is 8.84. The molecule has 2 N–H and O–H groups in total. The van der Waals surface area contributed by atoms with Gasteiger partial charge in [-0.2, -0.15) is 0 Å². The average molecular weight is 272 g/mol. The molecule has 1 aromatic carbocycles. The molecule has 0 fully saturated rings. The van der Waals surface area contributed by atoms with E-state index in [2.05, 4.69) is 15.9 Å². The summed E-state index contributed by atoms with van der Waals surface area (Å²) in [6, 6.07) is 3.93. The Hall–Kier alpha value is -0.740. The smallest absolute Gasteiger partial charge is 0.246 e. The second-order valence-electron chi connectivity index (χ2n) is 4.03. The van der Waals surface area contributed by atoms with Crippen molar-refractivity contribution in [3.8, 4) is 11.5 Å². The Morgan fingerprint density at radius 2 is 1.87 bits per heavy atom. The van der Waals surface area contributed by atoms with Gasteiger partial charge in [-0.15, -0.1) is 0 Å². The lowest BCUT2D eigenvalue weighted by Crippen LogP contribution is -2.29. The van der Waals surface area contributed by atoms with E-state index in [1.807, 2.05) is 26.0 Å². The van der Waals surface area contributed by atoms with Crippen molar-refractivity contribution in [1.29, 1.82) is 0 Å². The van der Waals surface area contributed by atoms with Crippen LogP contribution in [0.5, 0.6) is 11.5 Å². The van der Waals surface area contributed by atoms with Gasteiger partial charge in [0.1, 0.15) is 0 Å². The monoisotopic (exact) mass is 271 g/mol. The molecule has 0 amide bonds. The highest BCUT2D eigenvalue weighted by Gasteiger charge is 2.32. The summed E-state index contributed by atoms with van der Waals surface area (Å²) in [7, 11) is 0. The number of rotatable bonds is 2. The Balaban J connectivity index is 2.36. The van der Waals surface area contributed by atoms with Crippen LogP contribution in [0, 0.1) is 0 Å². The van der Waals surface area contributed by atoms with Crippen molar-refractivity contribution >= 4 is 15.9 Å². The molecule has 4 heteroatoms. The first-order chi connectivity index (χ1) is 7.02. The lowest BCUT2D eigenvalue weighted by atomic mass is 10.1. The van der Waals surface area contributed by atoms with Gasteiger partial charge in [-0.25, -0.2) is 0 Å². The van der Waals surface area contributed by atoms with Gasteiger partial charge in [0.15, 0.2) is 11.5 Å². The van der Waals surface area contributed by atoms with E-state index in [9.17, 15) is 0 Å². The van der Waals surface area contributed by atoms with Crippen LogP contribution >= 0.6 is 15.9 Å². The van der Waals surface area contributed by atoms with E-state index in [4.69, 9.17) is 15.2 Å². The van der Waals surface area contributed by atoms with Crippen LogP contribution in [0.2, 0.25) is 0 Å². The van der Waals surface area contributed by atoms with E-state index in [1.54, 1.807) is 0 Å². The maximum absolute atomic E-state index is 5.65. The first-order valence-corrected chi connectivity index (χ1v) is 5.71. The highest BCUT2D eigenvalue weighted by Crippen LogP contribution is 2.42. The van der Waals surface area contributed by atoms with Crippen molar-refractivity contribution in [2.24, 2.45) is 5.73 Å². The van der Waals surface area contributed by atoms with Crippen molar-refractivity contribution < 1.29 is 9.47 Å². The molecule has 0 spiro atoms. The number of ether oxygens (including phenoxy) is 2. The van der Waals surface area contributed by atoms with E-state index in [0.717, 1.165) is 28.0 Å². The Labute approximate surface area is 97.7 Å². The predicted molar refractivity (Wildman–Crippen MR) is 62.2 cm³/mol. The van der Waals surface area contributed by atoms with Gasteiger partial charge < -0.3 is 15.2 Å². The number of hydrogen-bond donors (Lipinski definition) is 1. The molecule has 0 unspecified atom stereocenters. The molecule has 1 heterocycles. The zero-order valence-corrected chi connectivity index (χ0v) is 10.4. The average Bonchev–Trinajstić information content (AvgIpc) is 2.39. The maximum Gasteiger partial charge on any atom is 0.246 e. The standard InChI is InChI=1S/C11H14BrNO2/c1-11(2)14-9-5-7(3-4-13)8(12)6-10(9)15-11/h5-6H,3-4,13H2,1-2H3. The number of hydrogen-bond acceptors (Lipinski definition) is 3. The fourth-order valence-electron chi connectivity index (χ4n) is 1.63. The van der Waals surface area contributed by atoms with Crippen molar-refractivity contribution in [2.75, 3.05) is 6.54 Å². The summed E-state index contributed by atoms with van der Waals surface area (Å²) in [5.41, 5.74) is 6.69. The van der Waals surface area contributed by atoms with Crippen molar-refractivity contribution in [3.05, 3.63) is 22.2 Å². The Kier molecular flexibility index (Phi) is 2.64. The van der Waals surface area contributed by atoms with Crippen LogP contribution in [-0.2, 0) is 6.42 Å². The highest BCUT2D eigenvalue weighted by atomic mass is 79.9. The van der Waals surface area contributed by atoms with Gasteiger partial charge in [-0.3, -0.25) is 0 Å². The van der Waals surface area contributed by atoms with Gasteiger partial charge in [0.05, 0.1) is 0 Å². The molecule has 0 aliphatic carbocycles. The number of fused-ring (bicyclic) bond motifs is 1. The van der Waals surface area contributed by atoms with Gasteiger partial charge >= 0.3 is 0 Å². The summed E-state index contributed by atoms with van der Waals surface area (Å²) >= 11 is 3.50. The molecular formula is C11H14BrNO2.